The number of benzene rings is 3. The molecule has 152 valence electrons. The average molecular weight is 394 g/mol. The number of para-hydroxylation sites is 1. The van der Waals surface area contributed by atoms with Crippen molar-refractivity contribution in [1.29, 1.82) is 0 Å². The third kappa shape index (κ3) is 6.24. The third-order valence-corrected chi connectivity index (χ3v) is 4.17. The summed E-state index contributed by atoms with van der Waals surface area (Å²) in [5, 5.41) is 11.8. The molecule has 1 atom stereocenters. The molecule has 0 bridgehead atoms. The van der Waals surface area contributed by atoms with Crippen LogP contribution in [0.25, 0.3) is 10.8 Å². The zero-order valence-electron chi connectivity index (χ0n) is 16.3. The summed E-state index contributed by atoms with van der Waals surface area (Å²) in [5.74, 6) is 2.27. The van der Waals surface area contributed by atoms with E-state index in [0.717, 1.165) is 22.3 Å². The Bertz CT molecular complexity index is 894. The summed E-state index contributed by atoms with van der Waals surface area (Å²) in [6.45, 7) is 5.21. The Labute approximate surface area is 171 Å². The molecule has 0 fully saturated rings. The van der Waals surface area contributed by atoms with E-state index in [1.807, 2.05) is 66.7 Å². The van der Waals surface area contributed by atoms with Crippen LogP contribution >= 0.6 is 0 Å². The van der Waals surface area contributed by atoms with Crippen molar-refractivity contribution in [1.82, 2.24) is 0 Å². The predicted octanol–water partition coefficient (Wildman–Crippen LogP) is 4.24. The first-order valence-corrected chi connectivity index (χ1v) is 9.60. The highest BCUT2D eigenvalue weighted by Gasteiger charge is 2.10. The van der Waals surface area contributed by atoms with E-state index in [4.69, 9.17) is 18.9 Å². The molecule has 3 rings (SSSR count). The van der Waals surface area contributed by atoms with Crippen molar-refractivity contribution in [2.75, 3.05) is 33.0 Å². The Balaban J connectivity index is 1.58. The molecule has 0 aliphatic rings. The lowest BCUT2D eigenvalue weighted by Gasteiger charge is -2.16. The van der Waals surface area contributed by atoms with Crippen LogP contribution in [0.15, 0.2) is 79.4 Å². The zero-order valence-corrected chi connectivity index (χ0v) is 16.3. The first-order valence-electron chi connectivity index (χ1n) is 9.60. The van der Waals surface area contributed by atoms with Crippen LogP contribution in [0.5, 0.6) is 17.2 Å². The zero-order chi connectivity index (χ0) is 20.3. The molecule has 0 saturated heterocycles. The number of fused-ring (bicyclic) bond motifs is 1. The van der Waals surface area contributed by atoms with Gasteiger partial charge in [0.2, 0.25) is 0 Å². The summed E-state index contributed by atoms with van der Waals surface area (Å²) in [4.78, 5) is 0. The van der Waals surface area contributed by atoms with E-state index in [2.05, 4.69) is 6.58 Å². The number of aliphatic hydroxyl groups is 1. The summed E-state index contributed by atoms with van der Waals surface area (Å²) in [5.41, 5.74) is 0. The van der Waals surface area contributed by atoms with E-state index in [1.165, 1.54) is 0 Å². The molecule has 0 amide bonds. The van der Waals surface area contributed by atoms with Crippen molar-refractivity contribution in [2.45, 2.75) is 6.10 Å². The summed E-state index contributed by atoms with van der Waals surface area (Å²) in [6, 6.07) is 21.2. The molecule has 29 heavy (non-hydrogen) atoms. The third-order valence-electron chi connectivity index (χ3n) is 4.17. The fourth-order valence-corrected chi connectivity index (χ4v) is 2.84. The van der Waals surface area contributed by atoms with Gasteiger partial charge >= 0.3 is 0 Å². The maximum Gasteiger partial charge on any atom is 0.127 e. The number of rotatable bonds is 12. The molecule has 5 nitrogen and oxygen atoms in total. The molecule has 0 spiro atoms. The maximum absolute atomic E-state index is 9.98. The number of aliphatic hydroxyl groups excluding tert-OH is 1. The van der Waals surface area contributed by atoms with Crippen molar-refractivity contribution in [3.05, 3.63) is 79.4 Å². The highest BCUT2D eigenvalue weighted by atomic mass is 16.5. The fourth-order valence-electron chi connectivity index (χ4n) is 2.84. The summed E-state index contributed by atoms with van der Waals surface area (Å²) in [6.07, 6.45) is 0.935. The van der Waals surface area contributed by atoms with Crippen molar-refractivity contribution < 1.29 is 24.1 Å². The van der Waals surface area contributed by atoms with E-state index in [0.29, 0.717) is 25.6 Å². The van der Waals surface area contributed by atoms with Gasteiger partial charge in [0.15, 0.2) is 0 Å². The van der Waals surface area contributed by atoms with Gasteiger partial charge in [-0.15, -0.1) is 6.58 Å². The standard InChI is InChI=1S/C24H26O5/c1-2-14-26-17-19(25)18-29-24-13-12-23(21-10-6-7-11-22(21)24)28-16-15-27-20-8-4-3-5-9-20/h2-13,19,25H,1,14-18H2. The molecule has 0 aliphatic heterocycles. The SMILES string of the molecule is C=CCOCC(O)COc1ccc(OCCOc2ccccc2)c2ccccc12. The van der Waals surface area contributed by atoms with Gasteiger partial charge in [0.1, 0.15) is 43.2 Å². The molecule has 3 aromatic carbocycles. The summed E-state index contributed by atoms with van der Waals surface area (Å²) in [7, 11) is 0. The molecule has 5 heteroatoms. The van der Waals surface area contributed by atoms with E-state index in [9.17, 15) is 5.11 Å². The van der Waals surface area contributed by atoms with Gasteiger partial charge in [0, 0.05) is 10.8 Å². The molecule has 0 saturated carbocycles. The number of hydrogen-bond donors (Lipinski definition) is 1. The Kier molecular flexibility index (Phi) is 7.92. The predicted molar refractivity (Wildman–Crippen MR) is 114 cm³/mol. The van der Waals surface area contributed by atoms with Crippen molar-refractivity contribution >= 4 is 10.8 Å². The van der Waals surface area contributed by atoms with Crippen molar-refractivity contribution in [2.24, 2.45) is 0 Å². The van der Waals surface area contributed by atoms with Gasteiger partial charge in [0.05, 0.1) is 13.2 Å². The van der Waals surface area contributed by atoms with Gasteiger partial charge in [-0.2, -0.15) is 0 Å². The molecule has 1 unspecified atom stereocenters. The normalized spacial score (nSPS) is 11.8. The quantitative estimate of drug-likeness (QED) is 0.368. The first-order chi connectivity index (χ1) is 14.3. The lowest BCUT2D eigenvalue weighted by molar-refractivity contribution is 0.0217. The molecular formula is C24H26O5. The molecule has 0 aliphatic carbocycles. The second-order valence-corrected chi connectivity index (χ2v) is 6.41. The van der Waals surface area contributed by atoms with Gasteiger partial charge in [-0.3, -0.25) is 0 Å². The maximum atomic E-state index is 9.98. The summed E-state index contributed by atoms with van der Waals surface area (Å²) >= 11 is 0. The Morgan fingerprint density at radius 3 is 2.07 bits per heavy atom. The minimum absolute atomic E-state index is 0.145. The molecule has 0 radical (unpaired) electrons. The number of hydrogen-bond acceptors (Lipinski definition) is 5. The van der Waals surface area contributed by atoms with Crippen LogP contribution in [-0.4, -0.2) is 44.2 Å². The highest BCUT2D eigenvalue weighted by molar-refractivity contribution is 5.93. The van der Waals surface area contributed by atoms with Crippen LogP contribution in [-0.2, 0) is 4.74 Å². The van der Waals surface area contributed by atoms with Gasteiger partial charge in [-0.25, -0.2) is 0 Å². The highest BCUT2D eigenvalue weighted by Crippen LogP contribution is 2.33. The summed E-state index contributed by atoms with van der Waals surface area (Å²) < 4.78 is 22.7. The van der Waals surface area contributed by atoms with Gasteiger partial charge in [0.25, 0.3) is 0 Å². The number of ether oxygens (including phenoxy) is 4. The van der Waals surface area contributed by atoms with E-state index >= 15 is 0 Å². The van der Waals surface area contributed by atoms with Gasteiger partial charge in [-0.05, 0) is 24.3 Å². The van der Waals surface area contributed by atoms with Crippen LogP contribution < -0.4 is 14.2 Å². The van der Waals surface area contributed by atoms with Gasteiger partial charge < -0.3 is 24.1 Å². The van der Waals surface area contributed by atoms with Crippen molar-refractivity contribution in [3.63, 3.8) is 0 Å². The molecule has 3 aromatic rings. The van der Waals surface area contributed by atoms with E-state index in [1.54, 1.807) is 6.08 Å². The molecule has 1 N–H and O–H groups in total. The van der Waals surface area contributed by atoms with Crippen LogP contribution in [0, 0.1) is 0 Å². The minimum Gasteiger partial charge on any atom is -0.490 e. The van der Waals surface area contributed by atoms with E-state index < -0.39 is 6.10 Å². The topological polar surface area (TPSA) is 57.2 Å². The second kappa shape index (κ2) is 11.1. The van der Waals surface area contributed by atoms with Crippen LogP contribution in [0.1, 0.15) is 0 Å². The minimum atomic E-state index is -0.709. The van der Waals surface area contributed by atoms with Crippen LogP contribution in [0.4, 0.5) is 0 Å². The largest absolute Gasteiger partial charge is 0.490 e. The average Bonchev–Trinajstić information content (AvgIpc) is 2.76. The van der Waals surface area contributed by atoms with Gasteiger partial charge in [-0.1, -0.05) is 48.5 Å². The lowest BCUT2D eigenvalue weighted by Crippen LogP contribution is -2.23. The smallest absolute Gasteiger partial charge is 0.127 e. The fraction of sp³-hybridized carbons (Fsp3) is 0.250. The van der Waals surface area contributed by atoms with Crippen LogP contribution in [0.2, 0.25) is 0 Å². The van der Waals surface area contributed by atoms with Crippen molar-refractivity contribution in [3.8, 4) is 17.2 Å². The Morgan fingerprint density at radius 1 is 0.759 bits per heavy atom. The monoisotopic (exact) mass is 394 g/mol. The lowest BCUT2D eigenvalue weighted by atomic mass is 10.1. The molecule has 0 aromatic heterocycles. The van der Waals surface area contributed by atoms with E-state index in [-0.39, 0.29) is 13.2 Å². The Morgan fingerprint density at radius 2 is 1.38 bits per heavy atom. The second-order valence-electron chi connectivity index (χ2n) is 6.41. The van der Waals surface area contributed by atoms with Crippen LogP contribution in [0.3, 0.4) is 0 Å². The molecule has 0 heterocycles. The first kappa shape index (κ1) is 20.7. The Hall–Kier alpha value is -3.02. The molecular weight excluding hydrogens is 368 g/mol.